The lowest BCUT2D eigenvalue weighted by Crippen LogP contribution is -2.07. The molecule has 7 nitrogen and oxygen atoms in total. The van der Waals surface area contributed by atoms with Crippen LogP contribution in [0.25, 0.3) is 22.5 Å². The molecule has 5 aromatic rings. The lowest BCUT2D eigenvalue weighted by molar-refractivity contribution is 0.642. The van der Waals surface area contributed by atoms with Crippen molar-refractivity contribution in [3.63, 3.8) is 0 Å². The molecule has 0 spiro atoms. The van der Waals surface area contributed by atoms with Gasteiger partial charge in [-0.05, 0) is 46.0 Å². The van der Waals surface area contributed by atoms with Crippen LogP contribution in [0.5, 0.6) is 0 Å². The van der Waals surface area contributed by atoms with Crippen LogP contribution in [0.1, 0.15) is 36.7 Å². The number of H-pyrrole nitrogens is 1. The Hall–Kier alpha value is -3.49. The summed E-state index contributed by atoms with van der Waals surface area (Å²) in [7, 11) is 0. The lowest BCUT2D eigenvalue weighted by atomic mass is 9.98. The maximum absolute atomic E-state index is 6.04. The molecule has 0 aliphatic heterocycles. The van der Waals surface area contributed by atoms with Gasteiger partial charge in [-0.25, -0.2) is 0 Å². The van der Waals surface area contributed by atoms with E-state index >= 15 is 0 Å². The monoisotopic (exact) mass is 515 g/mol. The average molecular weight is 516 g/mol. The number of hydrogen-bond acceptors (Lipinski definition) is 6. The maximum atomic E-state index is 6.04. The highest BCUT2D eigenvalue weighted by molar-refractivity contribution is 7.98. The van der Waals surface area contributed by atoms with Gasteiger partial charge in [0, 0.05) is 22.8 Å². The molecule has 182 valence electrons. The Balaban J connectivity index is 1.37. The van der Waals surface area contributed by atoms with Gasteiger partial charge in [0.15, 0.2) is 5.16 Å². The van der Waals surface area contributed by atoms with E-state index in [2.05, 4.69) is 84.8 Å². The number of aromatic amines is 1. The van der Waals surface area contributed by atoms with Crippen LogP contribution in [0.2, 0.25) is 5.02 Å². The first-order chi connectivity index (χ1) is 17.7. The Morgan fingerprint density at radius 1 is 0.861 bits per heavy atom. The highest BCUT2D eigenvalue weighted by atomic mass is 35.5. The van der Waals surface area contributed by atoms with Crippen molar-refractivity contribution in [2.24, 2.45) is 0 Å². The second kappa shape index (κ2) is 11.5. The number of benzene rings is 3. The van der Waals surface area contributed by atoms with Gasteiger partial charge in [-0.1, -0.05) is 97.4 Å². The molecule has 5 rings (SSSR count). The van der Waals surface area contributed by atoms with Gasteiger partial charge in [0.05, 0.1) is 6.54 Å². The van der Waals surface area contributed by atoms with Gasteiger partial charge >= 0.3 is 0 Å². The van der Waals surface area contributed by atoms with Crippen molar-refractivity contribution in [2.45, 2.75) is 43.6 Å². The first-order valence-electron chi connectivity index (χ1n) is 11.9. The molecule has 0 unspecified atom stereocenters. The summed E-state index contributed by atoms with van der Waals surface area (Å²) in [5.41, 5.74) is 5.52. The van der Waals surface area contributed by atoms with Gasteiger partial charge in [0.25, 0.3) is 0 Å². The molecule has 1 N–H and O–H groups in total. The predicted octanol–water partition coefficient (Wildman–Crippen LogP) is 6.46. The number of aryl methyl sites for hydroxylation is 1. The molecule has 0 fully saturated rings. The van der Waals surface area contributed by atoms with Gasteiger partial charge in [0.2, 0.25) is 5.82 Å². The van der Waals surface area contributed by atoms with Crippen LogP contribution in [-0.4, -0.2) is 35.4 Å². The second-order valence-corrected chi connectivity index (χ2v) is 9.86. The van der Waals surface area contributed by atoms with Gasteiger partial charge in [-0.15, -0.1) is 20.4 Å². The molecule has 2 aromatic heterocycles. The summed E-state index contributed by atoms with van der Waals surface area (Å²) in [6, 6.07) is 24.7. The molecule has 0 bridgehead atoms. The molecular formula is C27H26ClN7S. The maximum Gasteiger partial charge on any atom is 0.205 e. The van der Waals surface area contributed by atoms with Crippen LogP contribution < -0.4 is 0 Å². The first kappa shape index (κ1) is 24.2. The van der Waals surface area contributed by atoms with E-state index in [1.165, 1.54) is 11.1 Å². The van der Waals surface area contributed by atoms with E-state index in [4.69, 9.17) is 11.6 Å². The summed E-state index contributed by atoms with van der Waals surface area (Å²) in [5, 5.41) is 25.3. The van der Waals surface area contributed by atoms with Crippen LogP contribution in [0.15, 0.2) is 78.0 Å². The van der Waals surface area contributed by atoms with Crippen LogP contribution in [-0.2, 0) is 18.7 Å². The second-order valence-electron chi connectivity index (χ2n) is 8.48. The molecule has 0 atom stereocenters. The molecule has 3 aromatic carbocycles. The summed E-state index contributed by atoms with van der Waals surface area (Å²) in [6.45, 7) is 2.92. The quantitative estimate of drug-likeness (QED) is 0.215. The molecule has 0 aliphatic rings. The number of hydrogen-bond donors (Lipinski definition) is 1. The van der Waals surface area contributed by atoms with Gasteiger partial charge in [0.1, 0.15) is 5.82 Å². The summed E-state index contributed by atoms with van der Waals surface area (Å²) in [5.74, 6) is 2.43. The Morgan fingerprint density at radius 2 is 1.61 bits per heavy atom. The fourth-order valence-corrected chi connectivity index (χ4v) is 5.05. The van der Waals surface area contributed by atoms with Crippen molar-refractivity contribution >= 4 is 23.4 Å². The van der Waals surface area contributed by atoms with Crippen molar-refractivity contribution in [3.05, 3.63) is 94.8 Å². The fourth-order valence-electron chi connectivity index (χ4n) is 4.01. The molecular weight excluding hydrogens is 490 g/mol. The van der Waals surface area contributed by atoms with Crippen molar-refractivity contribution in [1.82, 2.24) is 35.4 Å². The van der Waals surface area contributed by atoms with Crippen LogP contribution >= 0.6 is 23.4 Å². The number of unbranched alkanes of at least 4 members (excludes halogenated alkanes) is 1. The van der Waals surface area contributed by atoms with Crippen molar-refractivity contribution in [2.75, 3.05) is 0 Å². The number of thioether (sulfide) groups is 1. The summed E-state index contributed by atoms with van der Waals surface area (Å²) in [4.78, 5) is 0. The Kier molecular flexibility index (Phi) is 7.73. The lowest BCUT2D eigenvalue weighted by Gasteiger charge is -2.12. The normalized spacial score (nSPS) is 11.2. The molecule has 36 heavy (non-hydrogen) atoms. The number of rotatable bonds is 10. The molecule has 0 aliphatic carbocycles. The topological polar surface area (TPSA) is 85.2 Å². The zero-order valence-corrected chi connectivity index (χ0v) is 21.5. The minimum absolute atomic E-state index is 0.585. The van der Waals surface area contributed by atoms with Crippen LogP contribution in [0, 0.1) is 0 Å². The number of halogens is 1. The van der Waals surface area contributed by atoms with E-state index in [0.717, 1.165) is 64.3 Å². The molecule has 2 heterocycles. The standard InChI is InChI=1S/C27H26ClN7S/c1-2-3-8-25-29-32-27(36-18-20-11-15-22(28)16-12-20)35(25)17-19-9-13-21(14-10-19)23-6-4-5-7-24(23)26-30-33-34-31-26/h4-7,9-16H,2-3,8,17-18H2,1H3,(H,30,31,33,34). The average Bonchev–Trinajstić information content (AvgIpc) is 3.58. The zero-order valence-electron chi connectivity index (χ0n) is 19.9. The highest BCUT2D eigenvalue weighted by Crippen LogP contribution is 2.30. The Labute approximate surface area is 219 Å². The van der Waals surface area contributed by atoms with Crippen LogP contribution in [0.4, 0.5) is 0 Å². The number of tetrazole rings is 1. The number of nitrogens with one attached hydrogen (secondary N) is 1. The van der Waals surface area contributed by atoms with Gasteiger partial charge in [-0.3, -0.25) is 0 Å². The number of nitrogens with zero attached hydrogens (tertiary/aromatic N) is 6. The molecule has 0 amide bonds. The van der Waals surface area contributed by atoms with Gasteiger partial charge < -0.3 is 4.57 Å². The van der Waals surface area contributed by atoms with Crippen LogP contribution in [0.3, 0.4) is 0 Å². The van der Waals surface area contributed by atoms with E-state index in [9.17, 15) is 0 Å². The third kappa shape index (κ3) is 5.66. The van der Waals surface area contributed by atoms with E-state index in [1.54, 1.807) is 11.8 Å². The summed E-state index contributed by atoms with van der Waals surface area (Å²) < 4.78 is 2.25. The largest absolute Gasteiger partial charge is 0.302 e. The van der Waals surface area contributed by atoms with E-state index in [-0.39, 0.29) is 0 Å². The molecule has 0 saturated carbocycles. The van der Waals surface area contributed by atoms with Crippen molar-refractivity contribution < 1.29 is 0 Å². The predicted molar refractivity (Wildman–Crippen MR) is 144 cm³/mol. The van der Waals surface area contributed by atoms with E-state index < -0.39 is 0 Å². The molecule has 0 radical (unpaired) electrons. The zero-order chi connectivity index (χ0) is 24.7. The summed E-state index contributed by atoms with van der Waals surface area (Å²) in [6.07, 6.45) is 3.13. The summed E-state index contributed by atoms with van der Waals surface area (Å²) >= 11 is 7.74. The Bertz CT molecular complexity index is 1400. The highest BCUT2D eigenvalue weighted by Gasteiger charge is 2.14. The first-order valence-corrected chi connectivity index (χ1v) is 13.3. The third-order valence-electron chi connectivity index (χ3n) is 5.95. The van der Waals surface area contributed by atoms with Crippen molar-refractivity contribution in [3.8, 4) is 22.5 Å². The SMILES string of the molecule is CCCCc1nnc(SCc2ccc(Cl)cc2)n1Cc1ccc(-c2ccccc2-c2nn[nH]n2)cc1. The minimum atomic E-state index is 0.585. The molecule has 0 saturated heterocycles. The van der Waals surface area contributed by atoms with E-state index in [1.807, 2.05) is 30.3 Å². The van der Waals surface area contributed by atoms with Gasteiger partial charge in [-0.2, -0.15) is 5.21 Å². The Morgan fingerprint density at radius 3 is 2.33 bits per heavy atom. The number of aromatic nitrogens is 7. The minimum Gasteiger partial charge on any atom is -0.302 e. The fraction of sp³-hybridized carbons (Fsp3) is 0.222. The van der Waals surface area contributed by atoms with E-state index in [0.29, 0.717) is 5.82 Å². The van der Waals surface area contributed by atoms with Crippen molar-refractivity contribution in [1.29, 1.82) is 0 Å². The molecule has 9 heteroatoms. The third-order valence-corrected chi connectivity index (χ3v) is 7.24. The smallest absolute Gasteiger partial charge is 0.205 e.